The van der Waals surface area contributed by atoms with Gasteiger partial charge in [0, 0.05) is 61.2 Å². The Morgan fingerprint density at radius 2 is 1.60 bits per heavy atom. The average Bonchev–Trinajstić information content (AvgIpc) is 3.31. The van der Waals surface area contributed by atoms with Crippen molar-refractivity contribution in [2.24, 2.45) is 0 Å². The number of amides is 1. The first kappa shape index (κ1) is 36.3. The van der Waals surface area contributed by atoms with Gasteiger partial charge in [-0.15, -0.1) is 37.2 Å². The van der Waals surface area contributed by atoms with Crippen molar-refractivity contribution >= 4 is 60.4 Å². The van der Waals surface area contributed by atoms with E-state index in [1.54, 1.807) is 12.1 Å². The Hall–Kier alpha value is -2.85. The van der Waals surface area contributed by atoms with Crippen molar-refractivity contribution < 1.29 is 14.3 Å². The molecule has 0 unspecified atom stereocenters. The minimum Gasteiger partial charge on any atom is -0.390 e. The highest BCUT2D eigenvalue weighted by Crippen LogP contribution is 2.28. The Kier molecular flexibility index (Phi) is 13.8. The SMILES string of the molecule is Cc1c(Cl)cccc1N1CCN(C[C@H](O)CNC(=O)c2nc(-c3ccccc3)n(-c3ccc(F)cc3)c2C)CC1.Cl.Cl.Cl. The third kappa shape index (κ3) is 8.41. The van der Waals surface area contributed by atoms with Crippen LogP contribution in [0.3, 0.4) is 0 Å². The lowest BCUT2D eigenvalue weighted by molar-refractivity contribution is 0.0847. The lowest BCUT2D eigenvalue weighted by Crippen LogP contribution is -2.50. The van der Waals surface area contributed by atoms with Gasteiger partial charge in [0.1, 0.15) is 17.3 Å². The molecule has 7 nitrogen and oxygen atoms in total. The molecule has 0 radical (unpaired) electrons. The predicted octanol–water partition coefficient (Wildman–Crippen LogP) is 6.13. The third-order valence-corrected chi connectivity index (χ3v) is 7.77. The lowest BCUT2D eigenvalue weighted by Gasteiger charge is -2.37. The monoisotopic (exact) mass is 669 g/mol. The quantitative estimate of drug-likeness (QED) is 0.236. The molecule has 1 amide bonds. The molecule has 1 fully saturated rings. The van der Waals surface area contributed by atoms with Gasteiger partial charge in [-0.25, -0.2) is 9.37 Å². The fourth-order valence-corrected chi connectivity index (χ4v) is 5.34. The highest BCUT2D eigenvalue weighted by molar-refractivity contribution is 6.31. The van der Waals surface area contributed by atoms with Gasteiger partial charge in [0.2, 0.25) is 0 Å². The van der Waals surface area contributed by atoms with Crippen LogP contribution in [0, 0.1) is 19.7 Å². The molecule has 2 N–H and O–H groups in total. The minimum absolute atomic E-state index is 0. The van der Waals surface area contributed by atoms with Gasteiger partial charge < -0.3 is 15.3 Å². The maximum atomic E-state index is 13.6. The molecule has 1 saturated heterocycles. The van der Waals surface area contributed by atoms with Crippen LogP contribution >= 0.6 is 48.8 Å². The number of hydrogen-bond donors (Lipinski definition) is 2. The first-order valence-corrected chi connectivity index (χ1v) is 13.8. The van der Waals surface area contributed by atoms with Gasteiger partial charge in [0.25, 0.3) is 5.91 Å². The predicted molar refractivity (Wildman–Crippen MR) is 179 cm³/mol. The molecule has 0 bridgehead atoms. The van der Waals surface area contributed by atoms with E-state index in [2.05, 4.69) is 26.2 Å². The van der Waals surface area contributed by atoms with E-state index in [-0.39, 0.29) is 61.2 Å². The molecular weight excluding hydrogens is 635 g/mol. The molecule has 3 aromatic carbocycles. The molecule has 12 heteroatoms. The van der Waals surface area contributed by atoms with Crippen molar-refractivity contribution in [1.29, 1.82) is 0 Å². The van der Waals surface area contributed by atoms with Crippen molar-refractivity contribution in [3.8, 4) is 17.1 Å². The summed E-state index contributed by atoms with van der Waals surface area (Å²) in [5.41, 5.74) is 4.65. The molecule has 5 rings (SSSR count). The molecule has 43 heavy (non-hydrogen) atoms. The van der Waals surface area contributed by atoms with Crippen LogP contribution in [0.15, 0.2) is 72.8 Å². The second kappa shape index (κ2) is 16.3. The van der Waals surface area contributed by atoms with E-state index in [0.717, 1.165) is 48.0 Å². The number of aromatic nitrogens is 2. The maximum absolute atomic E-state index is 13.6. The molecule has 2 heterocycles. The van der Waals surface area contributed by atoms with Gasteiger partial charge in [-0.1, -0.05) is 48.0 Å². The lowest BCUT2D eigenvalue weighted by atomic mass is 10.1. The molecule has 0 spiro atoms. The summed E-state index contributed by atoms with van der Waals surface area (Å²) in [5.74, 6) is -0.116. The van der Waals surface area contributed by atoms with E-state index in [1.165, 1.54) is 12.1 Å². The standard InChI is InChI=1S/C31H33ClFN5O2.3ClH/c1-21-27(32)9-6-10-28(21)37-17-15-36(16-18-37)20-26(39)19-34-31(40)29-22(2)38(25-13-11-24(33)12-14-25)30(35-29)23-7-4-3-5-8-23;;;/h3-14,26,39H,15-20H2,1-2H3,(H,34,40);3*1H/t26-;;;/m1.../s1. The van der Waals surface area contributed by atoms with Crippen LogP contribution in [0.2, 0.25) is 5.02 Å². The number of rotatable bonds is 8. The second-order valence-corrected chi connectivity index (χ2v) is 10.5. The van der Waals surface area contributed by atoms with Crippen molar-refractivity contribution in [3.05, 3.63) is 101 Å². The summed E-state index contributed by atoms with van der Waals surface area (Å²) >= 11 is 6.30. The van der Waals surface area contributed by atoms with Crippen molar-refractivity contribution in [2.75, 3.05) is 44.2 Å². The Bertz CT molecular complexity index is 1480. The van der Waals surface area contributed by atoms with Crippen LogP contribution in [0.4, 0.5) is 10.1 Å². The number of nitrogens with one attached hydrogen (secondary N) is 1. The number of β-amino-alcohol motifs (C(OH)–C–C–N with tert-alkyl or cyclic N) is 1. The zero-order valence-electron chi connectivity index (χ0n) is 23.9. The Balaban J connectivity index is 0.00000215. The number of hydrogen-bond acceptors (Lipinski definition) is 5. The number of imidazole rings is 1. The molecule has 4 aromatic rings. The zero-order chi connectivity index (χ0) is 28.2. The van der Waals surface area contributed by atoms with Crippen LogP contribution in [-0.2, 0) is 0 Å². The molecule has 1 atom stereocenters. The summed E-state index contributed by atoms with van der Waals surface area (Å²) in [4.78, 5) is 22.4. The van der Waals surface area contributed by atoms with E-state index >= 15 is 0 Å². The second-order valence-electron chi connectivity index (χ2n) is 10.1. The number of nitrogens with zero attached hydrogens (tertiary/aromatic N) is 4. The minimum atomic E-state index is -0.725. The molecule has 0 saturated carbocycles. The van der Waals surface area contributed by atoms with Crippen molar-refractivity contribution in [2.45, 2.75) is 20.0 Å². The molecular formula is C31H36Cl4FN5O2. The van der Waals surface area contributed by atoms with Crippen LogP contribution in [0.1, 0.15) is 21.7 Å². The van der Waals surface area contributed by atoms with Crippen LogP contribution < -0.4 is 10.2 Å². The van der Waals surface area contributed by atoms with Crippen LogP contribution in [0.25, 0.3) is 17.1 Å². The van der Waals surface area contributed by atoms with E-state index in [0.29, 0.717) is 23.8 Å². The summed E-state index contributed by atoms with van der Waals surface area (Å²) in [6.07, 6.45) is -0.725. The topological polar surface area (TPSA) is 73.6 Å². The Labute approximate surface area is 275 Å². The summed E-state index contributed by atoms with van der Waals surface area (Å²) in [6.45, 7) is 7.69. The molecule has 232 valence electrons. The number of aliphatic hydroxyl groups is 1. The van der Waals surface area contributed by atoms with Crippen LogP contribution in [-0.4, -0.2) is 70.8 Å². The number of benzene rings is 3. The van der Waals surface area contributed by atoms with E-state index < -0.39 is 6.10 Å². The first-order chi connectivity index (χ1) is 19.3. The number of anilines is 1. The summed E-state index contributed by atoms with van der Waals surface area (Å²) in [5, 5.41) is 14.3. The third-order valence-electron chi connectivity index (χ3n) is 7.36. The summed E-state index contributed by atoms with van der Waals surface area (Å²) in [6, 6.07) is 21.6. The highest BCUT2D eigenvalue weighted by atomic mass is 35.5. The molecule has 1 aromatic heterocycles. The van der Waals surface area contributed by atoms with Crippen molar-refractivity contribution in [3.63, 3.8) is 0 Å². The largest absolute Gasteiger partial charge is 0.390 e. The molecule has 1 aliphatic heterocycles. The Morgan fingerprint density at radius 3 is 2.26 bits per heavy atom. The molecule has 0 aliphatic carbocycles. The fraction of sp³-hybridized carbons (Fsp3) is 0.290. The molecule has 1 aliphatic rings. The van der Waals surface area contributed by atoms with Gasteiger partial charge in [0.15, 0.2) is 0 Å². The zero-order valence-corrected chi connectivity index (χ0v) is 27.1. The van der Waals surface area contributed by atoms with Gasteiger partial charge in [-0.3, -0.25) is 14.3 Å². The van der Waals surface area contributed by atoms with Gasteiger partial charge in [0.05, 0.1) is 11.8 Å². The Morgan fingerprint density at radius 1 is 0.953 bits per heavy atom. The van der Waals surface area contributed by atoms with E-state index in [9.17, 15) is 14.3 Å². The number of carbonyl (C=O) groups excluding carboxylic acids is 1. The summed E-state index contributed by atoms with van der Waals surface area (Å²) in [7, 11) is 0. The van der Waals surface area contributed by atoms with Crippen molar-refractivity contribution in [1.82, 2.24) is 19.8 Å². The number of halogens is 5. The number of piperazine rings is 1. The average molecular weight is 671 g/mol. The van der Waals surface area contributed by atoms with Crippen LogP contribution in [0.5, 0.6) is 0 Å². The van der Waals surface area contributed by atoms with E-state index in [1.807, 2.05) is 60.9 Å². The highest BCUT2D eigenvalue weighted by Gasteiger charge is 2.24. The smallest absolute Gasteiger partial charge is 0.271 e. The first-order valence-electron chi connectivity index (χ1n) is 13.4. The number of carbonyl (C=O) groups is 1. The van der Waals surface area contributed by atoms with E-state index in [4.69, 9.17) is 11.6 Å². The maximum Gasteiger partial charge on any atom is 0.271 e. The summed E-state index contributed by atoms with van der Waals surface area (Å²) < 4.78 is 15.5. The van der Waals surface area contributed by atoms with Gasteiger partial charge >= 0.3 is 0 Å². The normalized spacial score (nSPS) is 13.7. The number of aliphatic hydroxyl groups excluding tert-OH is 1. The van der Waals surface area contributed by atoms with Gasteiger partial charge in [-0.05, 0) is 55.8 Å². The fourth-order valence-electron chi connectivity index (χ4n) is 5.17. The van der Waals surface area contributed by atoms with Gasteiger partial charge in [-0.2, -0.15) is 0 Å².